The van der Waals surface area contributed by atoms with E-state index < -0.39 is 11.9 Å². The first-order valence-corrected chi connectivity index (χ1v) is 7.32. The van der Waals surface area contributed by atoms with E-state index in [0.29, 0.717) is 16.2 Å². The Balaban J connectivity index is 2.28. The second-order valence-corrected chi connectivity index (χ2v) is 5.50. The fourth-order valence-corrected chi connectivity index (χ4v) is 2.71. The third kappa shape index (κ3) is 3.98. The molecule has 1 N–H and O–H groups in total. The lowest BCUT2D eigenvalue weighted by molar-refractivity contribution is -0.117. The zero-order chi connectivity index (χ0) is 17.0. The van der Waals surface area contributed by atoms with Crippen LogP contribution in [0, 0.1) is 0 Å². The third-order valence-corrected chi connectivity index (χ3v) is 3.73. The van der Waals surface area contributed by atoms with E-state index >= 15 is 0 Å². The summed E-state index contributed by atoms with van der Waals surface area (Å²) in [5.41, 5.74) is 0.865. The van der Waals surface area contributed by atoms with Gasteiger partial charge in [-0.3, -0.25) is 9.59 Å². The van der Waals surface area contributed by atoms with Crippen LogP contribution in [0.4, 0.5) is 0 Å². The van der Waals surface area contributed by atoms with Gasteiger partial charge in [0.2, 0.25) is 5.91 Å². The molecule has 8 heteroatoms. The Labute approximate surface area is 136 Å². The summed E-state index contributed by atoms with van der Waals surface area (Å²) < 4.78 is 9.82. The molecule has 0 saturated heterocycles. The number of benzene rings is 1. The Morgan fingerprint density at radius 1 is 1.30 bits per heavy atom. The van der Waals surface area contributed by atoms with Crippen molar-refractivity contribution in [2.75, 3.05) is 14.2 Å². The Kier molecular flexibility index (Phi) is 5.17. The van der Waals surface area contributed by atoms with Crippen LogP contribution in [0.3, 0.4) is 0 Å². The molecule has 0 radical (unpaired) electrons. The number of thioether (sulfide) groups is 1. The van der Waals surface area contributed by atoms with Crippen molar-refractivity contribution in [3.05, 3.63) is 34.2 Å². The molecule has 0 bridgehead atoms. The standard InChI is InChI=1S/C15H14N2O5S/c1-8(18)16-15-17-13(19)12(23-15)7-9-4-5-11(21-2)10(6-9)14(20)22-3/h4-7H,1-3H3,(H,16,17,18,19)/b12-7-. The van der Waals surface area contributed by atoms with Crippen LogP contribution >= 0.6 is 11.8 Å². The summed E-state index contributed by atoms with van der Waals surface area (Å²) in [5.74, 6) is -0.917. The quantitative estimate of drug-likeness (QED) is 0.666. The number of nitrogens with one attached hydrogen (secondary N) is 1. The van der Waals surface area contributed by atoms with E-state index in [4.69, 9.17) is 9.47 Å². The minimum Gasteiger partial charge on any atom is -0.496 e. The Morgan fingerprint density at radius 2 is 2.04 bits per heavy atom. The highest BCUT2D eigenvalue weighted by atomic mass is 32.2. The van der Waals surface area contributed by atoms with Gasteiger partial charge in [-0.25, -0.2) is 4.79 Å². The van der Waals surface area contributed by atoms with Gasteiger partial charge in [-0.05, 0) is 35.5 Å². The summed E-state index contributed by atoms with van der Waals surface area (Å²) in [4.78, 5) is 38.7. The maximum absolute atomic E-state index is 11.8. The summed E-state index contributed by atoms with van der Waals surface area (Å²) in [6.07, 6.45) is 1.58. The van der Waals surface area contributed by atoms with Crippen LogP contribution in [-0.4, -0.2) is 37.2 Å². The molecule has 1 aliphatic heterocycles. The second-order valence-electron chi connectivity index (χ2n) is 4.47. The van der Waals surface area contributed by atoms with Crippen molar-refractivity contribution >= 4 is 40.8 Å². The summed E-state index contributed by atoms with van der Waals surface area (Å²) >= 11 is 1.05. The van der Waals surface area contributed by atoms with Crippen LogP contribution in [0.2, 0.25) is 0 Å². The first-order valence-electron chi connectivity index (χ1n) is 6.51. The lowest BCUT2D eigenvalue weighted by Gasteiger charge is -2.07. The number of nitrogens with zero attached hydrogens (tertiary/aromatic N) is 1. The van der Waals surface area contributed by atoms with Crippen molar-refractivity contribution in [2.24, 2.45) is 4.99 Å². The first kappa shape index (κ1) is 16.8. The van der Waals surface area contributed by atoms with E-state index in [1.165, 1.54) is 21.1 Å². The third-order valence-electron chi connectivity index (χ3n) is 2.83. The van der Waals surface area contributed by atoms with E-state index in [0.717, 1.165) is 11.8 Å². The number of carbonyl (C=O) groups is 3. The lowest BCUT2D eigenvalue weighted by atomic mass is 10.1. The number of aliphatic imine (C=N–C) groups is 1. The van der Waals surface area contributed by atoms with Gasteiger partial charge in [-0.1, -0.05) is 6.07 Å². The molecule has 120 valence electrons. The molecule has 2 rings (SSSR count). The Morgan fingerprint density at radius 3 is 2.65 bits per heavy atom. The summed E-state index contributed by atoms with van der Waals surface area (Å²) in [6, 6.07) is 4.86. The van der Waals surface area contributed by atoms with Crippen LogP contribution in [0.5, 0.6) is 5.75 Å². The van der Waals surface area contributed by atoms with Gasteiger partial charge in [0.1, 0.15) is 11.3 Å². The van der Waals surface area contributed by atoms with Crippen LogP contribution in [0.15, 0.2) is 28.1 Å². The summed E-state index contributed by atoms with van der Waals surface area (Å²) in [7, 11) is 2.72. The van der Waals surface area contributed by atoms with Gasteiger partial charge in [0.05, 0.1) is 19.1 Å². The zero-order valence-electron chi connectivity index (χ0n) is 12.7. The lowest BCUT2D eigenvalue weighted by Crippen LogP contribution is -2.23. The van der Waals surface area contributed by atoms with Crippen molar-refractivity contribution < 1.29 is 23.9 Å². The molecule has 1 aliphatic rings. The predicted octanol–water partition coefficient (Wildman–Crippen LogP) is 1.59. The molecule has 0 aromatic heterocycles. The summed E-state index contributed by atoms with van der Waals surface area (Å²) in [5, 5.41) is 2.70. The largest absolute Gasteiger partial charge is 0.496 e. The van der Waals surface area contributed by atoms with Gasteiger partial charge in [-0.15, -0.1) is 0 Å². The van der Waals surface area contributed by atoms with Crippen molar-refractivity contribution in [1.82, 2.24) is 5.32 Å². The van der Waals surface area contributed by atoms with Crippen molar-refractivity contribution in [3.63, 3.8) is 0 Å². The highest BCUT2D eigenvalue weighted by Crippen LogP contribution is 2.29. The van der Waals surface area contributed by atoms with Gasteiger partial charge in [0.15, 0.2) is 5.17 Å². The van der Waals surface area contributed by atoms with Crippen molar-refractivity contribution in [2.45, 2.75) is 6.92 Å². The van der Waals surface area contributed by atoms with E-state index in [1.54, 1.807) is 24.3 Å². The number of methoxy groups -OCH3 is 2. The average Bonchev–Trinajstić information content (AvgIpc) is 2.85. The maximum Gasteiger partial charge on any atom is 0.341 e. The van der Waals surface area contributed by atoms with Gasteiger partial charge < -0.3 is 14.8 Å². The molecular weight excluding hydrogens is 320 g/mol. The van der Waals surface area contributed by atoms with Crippen LogP contribution < -0.4 is 10.1 Å². The molecule has 23 heavy (non-hydrogen) atoms. The fraction of sp³-hybridized carbons (Fsp3) is 0.200. The molecule has 0 atom stereocenters. The van der Waals surface area contributed by atoms with Gasteiger partial charge in [-0.2, -0.15) is 4.99 Å². The minimum atomic E-state index is -0.539. The van der Waals surface area contributed by atoms with Gasteiger partial charge in [0.25, 0.3) is 5.91 Å². The smallest absolute Gasteiger partial charge is 0.341 e. The van der Waals surface area contributed by atoms with E-state index in [-0.39, 0.29) is 16.6 Å². The number of rotatable bonds is 3. The first-order chi connectivity index (χ1) is 10.9. The number of hydrogen-bond donors (Lipinski definition) is 1. The second kappa shape index (κ2) is 7.10. The van der Waals surface area contributed by atoms with Gasteiger partial charge in [0, 0.05) is 6.92 Å². The van der Waals surface area contributed by atoms with Crippen LogP contribution in [0.1, 0.15) is 22.8 Å². The van der Waals surface area contributed by atoms with E-state index in [9.17, 15) is 14.4 Å². The molecule has 0 aliphatic carbocycles. The van der Waals surface area contributed by atoms with Crippen molar-refractivity contribution in [3.8, 4) is 5.75 Å². The number of carbonyl (C=O) groups excluding carboxylic acids is 3. The van der Waals surface area contributed by atoms with E-state index in [1.807, 2.05) is 0 Å². The highest BCUT2D eigenvalue weighted by Gasteiger charge is 2.23. The molecule has 1 aromatic carbocycles. The molecule has 1 aromatic rings. The number of ether oxygens (including phenoxy) is 2. The number of hydrogen-bond acceptors (Lipinski definition) is 6. The van der Waals surface area contributed by atoms with Crippen LogP contribution in [0.25, 0.3) is 6.08 Å². The molecule has 2 amide bonds. The molecule has 7 nitrogen and oxygen atoms in total. The number of esters is 1. The summed E-state index contributed by atoms with van der Waals surface area (Å²) in [6.45, 7) is 1.33. The molecule has 0 saturated carbocycles. The topological polar surface area (TPSA) is 94.1 Å². The number of amidine groups is 1. The fourth-order valence-electron chi connectivity index (χ4n) is 1.85. The highest BCUT2D eigenvalue weighted by molar-refractivity contribution is 8.18. The monoisotopic (exact) mass is 334 g/mol. The minimum absolute atomic E-state index is 0.232. The normalized spacial score (nSPS) is 15.3. The maximum atomic E-state index is 11.8. The average molecular weight is 334 g/mol. The Hall–Kier alpha value is -2.61. The zero-order valence-corrected chi connectivity index (χ0v) is 13.5. The van der Waals surface area contributed by atoms with E-state index in [2.05, 4.69) is 10.3 Å². The van der Waals surface area contributed by atoms with Crippen LogP contribution in [-0.2, 0) is 14.3 Å². The molecule has 1 heterocycles. The SMILES string of the molecule is COC(=O)c1cc(/C=C2\SC(NC(C)=O)=NC2=O)ccc1OC. The number of amides is 2. The molecular formula is C15H14N2O5S. The van der Waals surface area contributed by atoms with Gasteiger partial charge >= 0.3 is 5.97 Å². The predicted molar refractivity (Wildman–Crippen MR) is 86.2 cm³/mol. The Bertz CT molecular complexity index is 739. The molecule has 0 unspecified atom stereocenters. The molecule has 0 spiro atoms. The van der Waals surface area contributed by atoms with Crippen molar-refractivity contribution in [1.29, 1.82) is 0 Å². The molecule has 0 fully saturated rings.